The number of hydrogen-bond donors (Lipinski definition) is 1. The molecule has 1 unspecified atom stereocenters. The van der Waals surface area contributed by atoms with E-state index in [9.17, 15) is 13.2 Å². The van der Waals surface area contributed by atoms with Crippen LogP contribution in [0.4, 0.5) is 18.9 Å². The first kappa shape index (κ1) is 18.2. The fourth-order valence-electron chi connectivity index (χ4n) is 4.89. The van der Waals surface area contributed by atoms with Gasteiger partial charge in [0.1, 0.15) is 12.4 Å². The van der Waals surface area contributed by atoms with Crippen LogP contribution in [0.25, 0.3) is 10.9 Å². The summed E-state index contributed by atoms with van der Waals surface area (Å²) in [6, 6.07) is 14.3. The number of benzene rings is 2. The summed E-state index contributed by atoms with van der Waals surface area (Å²) in [4.78, 5) is 6.05. The first-order valence-corrected chi connectivity index (χ1v) is 9.92. The molecule has 4 heterocycles. The minimum absolute atomic E-state index is 0.0197. The second-order valence-corrected chi connectivity index (χ2v) is 8.05. The van der Waals surface area contributed by atoms with Crippen molar-refractivity contribution in [3.8, 4) is 5.75 Å². The van der Waals surface area contributed by atoms with Crippen molar-refractivity contribution in [1.29, 1.82) is 0 Å². The molecule has 156 valence electrons. The quantitative estimate of drug-likeness (QED) is 0.510. The van der Waals surface area contributed by atoms with Crippen molar-refractivity contribution in [2.45, 2.75) is 18.1 Å². The van der Waals surface area contributed by atoms with Crippen molar-refractivity contribution in [3.63, 3.8) is 0 Å². The maximum absolute atomic E-state index is 13.5. The van der Waals surface area contributed by atoms with E-state index in [1.807, 2.05) is 35.2 Å². The third-order valence-electron chi connectivity index (χ3n) is 6.29. The molecule has 4 aromatic rings. The molecule has 5 nitrogen and oxygen atoms in total. The lowest BCUT2D eigenvalue weighted by atomic mass is 9.77. The largest absolute Gasteiger partial charge is 0.492 e. The number of rotatable bonds is 2. The van der Waals surface area contributed by atoms with Crippen LogP contribution >= 0.6 is 0 Å². The molecule has 0 aliphatic carbocycles. The molecule has 0 amide bonds. The van der Waals surface area contributed by atoms with Crippen molar-refractivity contribution in [1.82, 2.24) is 15.2 Å². The summed E-state index contributed by atoms with van der Waals surface area (Å²) in [5, 5.41) is 8.03. The number of nitrogens with zero attached hydrogens (tertiary/aromatic N) is 3. The molecule has 2 aromatic carbocycles. The normalized spacial score (nSPS) is 19.6. The Bertz CT molecular complexity index is 1320. The molecule has 0 bridgehead atoms. The van der Waals surface area contributed by atoms with Gasteiger partial charge in [0.2, 0.25) is 0 Å². The number of aromatic amines is 1. The first-order valence-electron chi connectivity index (χ1n) is 9.92. The zero-order valence-corrected chi connectivity index (χ0v) is 16.3. The number of halogens is 3. The lowest BCUT2D eigenvalue weighted by Crippen LogP contribution is -2.36. The van der Waals surface area contributed by atoms with E-state index in [0.717, 1.165) is 39.5 Å². The summed E-state index contributed by atoms with van der Waals surface area (Å²) < 4.78 is 46.7. The minimum Gasteiger partial charge on any atom is -0.492 e. The van der Waals surface area contributed by atoms with Gasteiger partial charge in [0.25, 0.3) is 0 Å². The highest BCUT2D eigenvalue weighted by molar-refractivity contribution is 5.83. The average Bonchev–Trinajstić information content (AvgIpc) is 3.44. The van der Waals surface area contributed by atoms with E-state index in [1.165, 1.54) is 12.3 Å². The molecule has 31 heavy (non-hydrogen) atoms. The molecule has 2 aromatic heterocycles. The first-order chi connectivity index (χ1) is 15.0. The van der Waals surface area contributed by atoms with Gasteiger partial charge in [0, 0.05) is 35.4 Å². The van der Waals surface area contributed by atoms with E-state index < -0.39 is 17.2 Å². The second kappa shape index (κ2) is 6.23. The van der Waals surface area contributed by atoms with Crippen LogP contribution in [-0.2, 0) is 18.1 Å². The number of para-hydroxylation sites is 1. The molecule has 2 aliphatic heterocycles. The summed E-state index contributed by atoms with van der Waals surface area (Å²) >= 11 is 0. The van der Waals surface area contributed by atoms with Crippen molar-refractivity contribution >= 4 is 16.6 Å². The molecule has 0 saturated carbocycles. The van der Waals surface area contributed by atoms with E-state index in [-0.39, 0.29) is 12.2 Å². The van der Waals surface area contributed by atoms with E-state index in [1.54, 1.807) is 6.20 Å². The highest BCUT2D eigenvalue weighted by atomic mass is 19.4. The predicted octanol–water partition coefficient (Wildman–Crippen LogP) is 4.68. The molecule has 2 aliphatic rings. The van der Waals surface area contributed by atoms with Crippen LogP contribution in [0, 0.1) is 0 Å². The van der Waals surface area contributed by atoms with E-state index in [2.05, 4.69) is 21.2 Å². The maximum Gasteiger partial charge on any atom is 0.418 e. The average molecular weight is 422 g/mol. The molecule has 1 N–H and O–H groups in total. The van der Waals surface area contributed by atoms with Crippen LogP contribution in [0.15, 0.2) is 60.9 Å². The van der Waals surface area contributed by atoms with Crippen LogP contribution in [0.3, 0.4) is 0 Å². The van der Waals surface area contributed by atoms with Crippen LogP contribution in [-0.4, -0.2) is 28.3 Å². The Balaban J connectivity index is 1.46. The summed E-state index contributed by atoms with van der Waals surface area (Å²) in [6.45, 7) is 1.01. The van der Waals surface area contributed by atoms with Gasteiger partial charge >= 0.3 is 6.18 Å². The van der Waals surface area contributed by atoms with Crippen LogP contribution in [0.5, 0.6) is 5.75 Å². The van der Waals surface area contributed by atoms with Gasteiger partial charge in [-0.15, -0.1) is 0 Å². The molecular weight excluding hydrogens is 405 g/mol. The van der Waals surface area contributed by atoms with E-state index >= 15 is 0 Å². The van der Waals surface area contributed by atoms with Crippen molar-refractivity contribution in [2.75, 3.05) is 18.1 Å². The molecular formula is C23H17F3N4O. The number of nitrogens with one attached hydrogen (secondary N) is 1. The van der Waals surface area contributed by atoms with Gasteiger partial charge < -0.3 is 9.64 Å². The minimum atomic E-state index is -4.45. The summed E-state index contributed by atoms with van der Waals surface area (Å²) in [6.07, 6.45) is -1.27. The molecule has 0 radical (unpaired) electrons. The molecule has 1 atom stereocenters. The zero-order chi connectivity index (χ0) is 21.2. The Morgan fingerprint density at radius 1 is 1.10 bits per heavy atom. The van der Waals surface area contributed by atoms with Gasteiger partial charge in [0.15, 0.2) is 0 Å². The summed E-state index contributed by atoms with van der Waals surface area (Å²) in [5.41, 5.74) is 2.76. The monoisotopic (exact) mass is 422 g/mol. The van der Waals surface area contributed by atoms with Crippen molar-refractivity contribution < 1.29 is 17.9 Å². The number of hydrogen-bond acceptors (Lipinski definition) is 4. The molecule has 6 rings (SSSR count). The van der Waals surface area contributed by atoms with Crippen LogP contribution in [0.2, 0.25) is 0 Å². The van der Waals surface area contributed by atoms with Gasteiger partial charge in [0.05, 0.1) is 34.9 Å². The molecule has 8 heteroatoms. The van der Waals surface area contributed by atoms with Crippen LogP contribution in [0.1, 0.15) is 22.4 Å². The molecule has 0 fully saturated rings. The smallest absolute Gasteiger partial charge is 0.418 e. The lowest BCUT2D eigenvalue weighted by molar-refractivity contribution is -0.138. The third-order valence-corrected chi connectivity index (χ3v) is 6.29. The van der Waals surface area contributed by atoms with E-state index in [0.29, 0.717) is 13.2 Å². The van der Waals surface area contributed by atoms with Gasteiger partial charge in [-0.25, -0.2) is 0 Å². The summed E-state index contributed by atoms with van der Waals surface area (Å²) in [7, 11) is 0. The number of anilines is 1. The van der Waals surface area contributed by atoms with Crippen molar-refractivity contribution in [3.05, 3.63) is 83.3 Å². The molecule has 1 spiro atoms. The van der Waals surface area contributed by atoms with Crippen LogP contribution < -0.4 is 9.64 Å². The standard InChI is InChI=1S/C23H17F3N4O/c24-23(25,26)15-5-3-7-27-19(15)11-30-12-22(16-4-1-2-6-20(16)30)13-31-21-9-18-14(8-17(21)22)10-28-29-18/h1-10H,11-13H2,(H,28,29). The number of H-pyrrole nitrogens is 1. The second-order valence-electron chi connectivity index (χ2n) is 8.05. The topological polar surface area (TPSA) is 54.0 Å². The number of fused-ring (bicyclic) bond motifs is 5. The Morgan fingerprint density at radius 3 is 2.84 bits per heavy atom. The van der Waals surface area contributed by atoms with Gasteiger partial charge in [-0.3, -0.25) is 10.1 Å². The molecule has 0 saturated heterocycles. The Kier molecular flexibility index (Phi) is 3.66. The zero-order valence-electron chi connectivity index (χ0n) is 16.3. The van der Waals surface area contributed by atoms with E-state index in [4.69, 9.17) is 4.74 Å². The van der Waals surface area contributed by atoms with Gasteiger partial charge in [-0.2, -0.15) is 18.3 Å². The third kappa shape index (κ3) is 2.64. The highest BCUT2D eigenvalue weighted by Gasteiger charge is 2.50. The fourth-order valence-corrected chi connectivity index (χ4v) is 4.89. The van der Waals surface area contributed by atoms with Gasteiger partial charge in [-0.1, -0.05) is 18.2 Å². The summed E-state index contributed by atoms with van der Waals surface area (Å²) in [5.74, 6) is 0.780. The van der Waals surface area contributed by atoms with Gasteiger partial charge in [-0.05, 0) is 29.8 Å². The Hall–Kier alpha value is -3.55. The number of aromatic nitrogens is 3. The predicted molar refractivity (Wildman–Crippen MR) is 109 cm³/mol. The lowest BCUT2D eigenvalue weighted by Gasteiger charge is -2.25. The number of pyridine rings is 1. The SMILES string of the molecule is FC(F)(F)c1cccnc1CN1CC2(COc3cc4[nH]ncc4cc32)c2ccccc21. The number of alkyl halides is 3. The number of ether oxygens (including phenoxy) is 1. The highest BCUT2D eigenvalue weighted by Crippen LogP contribution is 2.52. The fraction of sp³-hybridized carbons (Fsp3) is 0.217. The maximum atomic E-state index is 13.5. The Morgan fingerprint density at radius 2 is 1.97 bits per heavy atom. The Labute approximate surface area is 175 Å². The van der Waals surface area contributed by atoms with Crippen molar-refractivity contribution in [2.24, 2.45) is 0 Å².